The number of aryl methyl sites for hydroxylation is 1. The van der Waals surface area contributed by atoms with Gasteiger partial charge in [0.2, 0.25) is 0 Å². The number of benzene rings is 11. The van der Waals surface area contributed by atoms with Crippen molar-refractivity contribution >= 4 is 88.2 Å². The Balaban J connectivity index is 0.986. The van der Waals surface area contributed by atoms with E-state index in [1.807, 2.05) is 0 Å². The van der Waals surface area contributed by atoms with Gasteiger partial charge in [-0.25, -0.2) is 0 Å². The van der Waals surface area contributed by atoms with Gasteiger partial charge in [0, 0.05) is 50.3 Å². The molecule has 64 heavy (non-hydrogen) atoms. The Morgan fingerprint density at radius 1 is 0.312 bits per heavy atom. The van der Waals surface area contributed by atoms with Crippen LogP contribution < -0.4 is 9.80 Å². The predicted molar refractivity (Wildman–Crippen MR) is 273 cm³/mol. The molecule has 0 spiro atoms. The van der Waals surface area contributed by atoms with Crippen LogP contribution >= 0.6 is 0 Å². The summed E-state index contributed by atoms with van der Waals surface area (Å²) in [6.45, 7) is 2.14. The van der Waals surface area contributed by atoms with E-state index in [4.69, 9.17) is 0 Å². The highest BCUT2D eigenvalue weighted by Gasteiger charge is 2.20. The minimum atomic E-state index is 1.09. The lowest BCUT2D eigenvalue weighted by atomic mass is 9.95. The number of para-hydroxylation sites is 2. The van der Waals surface area contributed by atoms with E-state index in [-0.39, 0.29) is 0 Å². The molecule has 0 saturated carbocycles. The van der Waals surface area contributed by atoms with Gasteiger partial charge in [-0.05, 0) is 136 Å². The van der Waals surface area contributed by atoms with Gasteiger partial charge in [0.05, 0.1) is 16.7 Å². The van der Waals surface area contributed by atoms with Crippen LogP contribution in [-0.4, -0.2) is 4.57 Å². The first-order valence-electron chi connectivity index (χ1n) is 22.0. The Bertz CT molecular complexity index is 3680. The quantitative estimate of drug-likeness (QED) is 0.151. The second-order valence-corrected chi connectivity index (χ2v) is 16.7. The van der Waals surface area contributed by atoms with Crippen LogP contribution in [0, 0.1) is 6.92 Å². The van der Waals surface area contributed by atoms with Crippen molar-refractivity contribution < 1.29 is 0 Å². The molecule has 1 heterocycles. The van der Waals surface area contributed by atoms with Gasteiger partial charge < -0.3 is 14.4 Å². The molecule has 0 atom stereocenters. The lowest BCUT2D eigenvalue weighted by Gasteiger charge is -2.28. The fourth-order valence-electron chi connectivity index (χ4n) is 9.68. The molecule has 0 bridgehead atoms. The molecule has 12 rings (SSSR count). The SMILES string of the molecule is Cc1ccc(N(c2ccc3ccccc3c2)c2ccc(-c3ccc(N(c4ccc5ccccc5c4)c4ccc5c(c4)c4ccccc4n5-c4ccccc4)cc3)c3ccccc23)cc1. The van der Waals surface area contributed by atoms with Crippen molar-refractivity contribution in [1.29, 1.82) is 0 Å². The summed E-state index contributed by atoms with van der Waals surface area (Å²) in [5.41, 5.74) is 13.8. The highest BCUT2D eigenvalue weighted by molar-refractivity contribution is 6.11. The smallest absolute Gasteiger partial charge is 0.0542 e. The minimum Gasteiger partial charge on any atom is -0.310 e. The maximum Gasteiger partial charge on any atom is 0.0542 e. The van der Waals surface area contributed by atoms with Gasteiger partial charge in [0.1, 0.15) is 0 Å². The van der Waals surface area contributed by atoms with Crippen LogP contribution in [-0.2, 0) is 0 Å². The van der Waals surface area contributed by atoms with E-state index in [0.717, 1.165) is 39.8 Å². The van der Waals surface area contributed by atoms with Crippen molar-refractivity contribution in [3.63, 3.8) is 0 Å². The zero-order valence-electron chi connectivity index (χ0n) is 35.4. The van der Waals surface area contributed by atoms with Crippen LogP contribution in [0.15, 0.2) is 243 Å². The molecule has 0 N–H and O–H groups in total. The Hall–Kier alpha value is -8.40. The molecule has 0 fully saturated rings. The van der Waals surface area contributed by atoms with Crippen molar-refractivity contribution in [2.75, 3.05) is 9.80 Å². The molecule has 1 aromatic heterocycles. The third-order valence-corrected chi connectivity index (χ3v) is 12.8. The van der Waals surface area contributed by atoms with Crippen LogP contribution in [0.25, 0.3) is 70.9 Å². The summed E-state index contributed by atoms with van der Waals surface area (Å²) in [5, 5.41) is 9.72. The molecule has 11 aromatic carbocycles. The molecule has 0 saturated heterocycles. The van der Waals surface area contributed by atoms with Gasteiger partial charge in [-0.15, -0.1) is 0 Å². The number of nitrogens with zero attached hydrogens (tertiary/aromatic N) is 3. The van der Waals surface area contributed by atoms with E-state index in [1.165, 1.54) is 70.8 Å². The minimum absolute atomic E-state index is 1.09. The van der Waals surface area contributed by atoms with Crippen molar-refractivity contribution in [3.05, 3.63) is 248 Å². The lowest BCUT2D eigenvalue weighted by molar-refractivity contribution is 1.18. The molecular weight excluding hydrogens is 775 g/mol. The molecular formula is C61H43N3. The normalized spacial score (nSPS) is 11.5. The largest absolute Gasteiger partial charge is 0.310 e. The molecule has 0 aliphatic carbocycles. The summed E-state index contributed by atoms with van der Waals surface area (Å²) in [5.74, 6) is 0. The monoisotopic (exact) mass is 817 g/mol. The molecule has 302 valence electrons. The molecule has 3 nitrogen and oxygen atoms in total. The van der Waals surface area contributed by atoms with E-state index in [2.05, 4.69) is 264 Å². The summed E-state index contributed by atoms with van der Waals surface area (Å²) in [4.78, 5) is 4.80. The van der Waals surface area contributed by atoms with Crippen LogP contribution in [0.4, 0.5) is 34.1 Å². The van der Waals surface area contributed by atoms with E-state index in [9.17, 15) is 0 Å². The number of anilines is 6. The number of hydrogen-bond acceptors (Lipinski definition) is 2. The number of hydrogen-bond donors (Lipinski definition) is 0. The predicted octanol–water partition coefficient (Wildman–Crippen LogP) is 17.2. The average molecular weight is 818 g/mol. The highest BCUT2D eigenvalue weighted by Crippen LogP contribution is 2.45. The molecule has 0 unspecified atom stereocenters. The Labute approximate surface area is 372 Å². The van der Waals surface area contributed by atoms with Crippen molar-refractivity contribution in [2.24, 2.45) is 0 Å². The summed E-state index contributed by atoms with van der Waals surface area (Å²) in [6, 6.07) is 88.5. The maximum absolute atomic E-state index is 2.40. The molecule has 0 radical (unpaired) electrons. The second kappa shape index (κ2) is 15.5. The first kappa shape index (κ1) is 37.4. The first-order valence-corrected chi connectivity index (χ1v) is 22.0. The zero-order valence-corrected chi connectivity index (χ0v) is 35.4. The first-order chi connectivity index (χ1) is 31.6. The Morgan fingerprint density at radius 2 is 0.812 bits per heavy atom. The second-order valence-electron chi connectivity index (χ2n) is 16.7. The molecule has 0 amide bonds. The van der Waals surface area contributed by atoms with Crippen LogP contribution in [0.3, 0.4) is 0 Å². The average Bonchev–Trinajstić information content (AvgIpc) is 3.69. The van der Waals surface area contributed by atoms with Gasteiger partial charge in [-0.3, -0.25) is 0 Å². The van der Waals surface area contributed by atoms with Crippen LogP contribution in [0.1, 0.15) is 5.56 Å². The van der Waals surface area contributed by atoms with Crippen molar-refractivity contribution in [2.45, 2.75) is 6.92 Å². The molecule has 12 aromatic rings. The van der Waals surface area contributed by atoms with Crippen molar-refractivity contribution in [3.8, 4) is 16.8 Å². The maximum atomic E-state index is 2.40. The van der Waals surface area contributed by atoms with Gasteiger partial charge in [0.15, 0.2) is 0 Å². The van der Waals surface area contributed by atoms with E-state index in [0.29, 0.717) is 0 Å². The summed E-state index contributed by atoms with van der Waals surface area (Å²) in [7, 11) is 0. The fourth-order valence-corrected chi connectivity index (χ4v) is 9.68. The third kappa shape index (κ3) is 6.45. The van der Waals surface area contributed by atoms with E-state index < -0.39 is 0 Å². The van der Waals surface area contributed by atoms with Gasteiger partial charge in [0.25, 0.3) is 0 Å². The highest BCUT2D eigenvalue weighted by atomic mass is 15.1. The summed E-state index contributed by atoms with van der Waals surface area (Å²) in [6.07, 6.45) is 0. The molecule has 0 aliphatic rings. The van der Waals surface area contributed by atoms with E-state index >= 15 is 0 Å². The van der Waals surface area contributed by atoms with Gasteiger partial charge >= 0.3 is 0 Å². The topological polar surface area (TPSA) is 11.4 Å². The third-order valence-electron chi connectivity index (χ3n) is 12.8. The van der Waals surface area contributed by atoms with Crippen LogP contribution in [0.2, 0.25) is 0 Å². The fraction of sp³-hybridized carbons (Fsp3) is 0.0164. The lowest BCUT2D eigenvalue weighted by Crippen LogP contribution is -2.11. The Morgan fingerprint density at radius 3 is 1.52 bits per heavy atom. The number of fused-ring (bicyclic) bond motifs is 6. The number of aromatic nitrogens is 1. The van der Waals surface area contributed by atoms with E-state index in [1.54, 1.807) is 0 Å². The van der Waals surface area contributed by atoms with Gasteiger partial charge in [-0.1, -0.05) is 157 Å². The summed E-state index contributed by atoms with van der Waals surface area (Å²) >= 11 is 0. The van der Waals surface area contributed by atoms with Crippen molar-refractivity contribution in [1.82, 2.24) is 4.57 Å². The summed E-state index contributed by atoms with van der Waals surface area (Å²) < 4.78 is 2.38. The Kier molecular flexibility index (Phi) is 9.05. The van der Waals surface area contributed by atoms with Crippen LogP contribution in [0.5, 0.6) is 0 Å². The standard InChI is InChI=1S/C61H43N3/c1-42-23-29-50(30-24-42)63(52-34-26-44-14-6-8-16-47(44)40-52)60-38-36-54(55-19-9-10-20-56(55)60)45-27-31-49(32-28-45)62(51-33-25-43-13-5-7-15-46(43)39-51)53-35-37-61-58(41-53)57-21-11-12-22-59(57)64(61)48-17-3-2-4-18-48/h2-41H,1H3. The number of rotatable bonds is 8. The molecule has 3 heteroatoms. The molecule has 0 aliphatic heterocycles. The van der Waals surface area contributed by atoms with Gasteiger partial charge in [-0.2, -0.15) is 0 Å². The zero-order chi connectivity index (χ0) is 42.6.